The zero-order valence-corrected chi connectivity index (χ0v) is 12.0. The average molecular weight is 285 g/mol. The predicted octanol–water partition coefficient (Wildman–Crippen LogP) is 3.34. The third kappa shape index (κ3) is 1.66. The van der Waals surface area contributed by atoms with E-state index in [2.05, 4.69) is 29.4 Å². The van der Waals surface area contributed by atoms with E-state index in [1.54, 1.807) is 0 Å². The summed E-state index contributed by atoms with van der Waals surface area (Å²) in [5.74, 6) is 5.68. The second-order valence-electron chi connectivity index (χ2n) is 5.34. The van der Waals surface area contributed by atoms with E-state index in [1.807, 2.05) is 42.5 Å². The molecular weight excluding hydrogens is 270 g/mol. The molecule has 0 heterocycles. The fourth-order valence-electron chi connectivity index (χ4n) is 3.17. The second-order valence-corrected chi connectivity index (χ2v) is 5.34. The quantitative estimate of drug-likeness (QED) is 0.532. The Morgan fingerprint density at radius 2 is 1.32 bits per heavy atom. The van der Waals surface area contributed by atoms with Crippen LogP contribution in [0.4, 0.5) is 0 Å². The zero-order valence-electron chi connectivity index (χ0n) is 12.0. The van der Waals surface area contributed by atoms with Crippen LogP contribution in [0, 0.1) is 0 Å². The van der Waals surface area contributed by atoms with Crippen LogP contribution in [-0.2, 0) is 0 Å². The fraction of sp³-hybridized carbons (Fsp3) is 0. The highest BCUT2D eigenvalue weighted by Crippen LogP contribution is 2.38. The number of rotatable bonds is 1. The van der Waals surface area contributed by atoms with Crippen molar-refractivity contribution in [1.29, 1.82) is 0 Å². The Morgan fingerprint density at radius 3 is 2.14 bits per heavy atom. The summed E-state index contributed by atoms with van der Waals surface area (Å²) in [5, 5.41) is 6.35. The first kappa shape index (κ1) is 12.7. The first-order chi connectivity index (χ1) is 10.8. The molecule has 0 bridgehead atoms. The lowest BCUT2D eigenvalue weighted by atomic mass is 9.95. The summed E-state index contributed by atoms with van der Waals surface area (Å²) in [6.07, 6.45) is 0. The molecule has 1 aliphatic carbocycles. The van der Waals surface area contributed by atoms with Gasteiger partial charge in [-0.2, -0.15) is 5.10 Å². The van der Waals surface area contributed by atoms with Gasteiger partial charge in [0.05, 0.1) is 0 Å². The van der Waals surface area contributed by atoms with E-state index in [1.165, 1.54) is 5.39 Å². The highest BCUT2D eigenvalue weighted by Gasteiger charge is 2.27. The fourth-order valence-corrected chi connectivity index (χ4v) is 3.17. The molecule has 0 amide bonds. The van der Waals surface area contributed by atoms with Crippen LogP contribution in [0.5, 0.6) is 0 Å². The summed E-state index contributed by atoms with van der Waals surface area (Å²) < 4.78 is 0. The lowest BCUT2D eigenvalue weighted by Gasteiger charge is -2.10. The van der Waals surface area contributed by atoms with Crippen molar-refractivity contribution in [3.63, 3.8) is 0 Å². The number of fused-ring (bicyclic) bond motifs is 2. The van der Waals surface area contributed by atoms with Gasteiger partial charge in [-0.3, -0.25) is 0 Å². The van der Waals surface area contributed by atoms with Gasteiger partial charge in [-0.05, 0) is 16.3 Å². The van der Waals surface area contributed by atoms with Gasteiger partial charge in [0.1, 0.15) is 5.71 Å². The highest BCUT2D eigenvalue weighted by atomic mass is 15.1. The lowest BCUT2D eigenvalue weighted by Crippen LogP contribution is -2.05. The Hall–Kier alpha value is -3.07. The van der Waals surface area contributed by atoms with Gasteiger partial charge in [-0.15, -0.1) is 0 Å². The van der Waals surface area contributed by atoms with Crippen LogP contribution in [0.2, 0.25) is 0 Å². The van der Waals surface area contributed by atoms with Crippen molar-refractivity contribution in [2.75, 3.05) is 0 Å². The zero-order chi connectivity index (χ0) is 15.1. The number of hydrogen-bond acceptors (Lipinski definition) is 3. The molecule has 1 aliphatic rings. The molecule has 0 radical (unpaired) electrons. The predicted molar refractivity (Wildman–Crippen MR) is 92.1 cm³/mol. The van der Waals surface area contributed by atoms with Gasteiger partial charge < -0.3 is 11.6 Å². The summed E-state index contributed by atoms with van der Waals surface area (Å²) in [4.78, 5) is 0. The summed E-state index contributed by atoms with van der Waals surface area (Å²) in [6, 6.07) is 22.4. The Bertz CT molecular complexity index is 946. The number of allylic oxidation sites excluding steroid dienone is 1. The summed E-state index contributed by atoms with van der Waals surface area (Å²) in [7, 11) is 0. The van der Waals surface area contributed by atoms with Crippen LogP contribution in [0.1, 0.15) is 16.7 Å². The monoisotopic (exact) mass is 285 g/mol. The first-order valence-corrected chi connectivity index (χ1v) is 7.17. The topological polar surface area (TPSA) is 64.4 Å². The third-order valence-electron chi connectivity index (χ3n) is 4.17. The smallest absolute Gasteiger partial charge is 0.100 e. The molecule has 0 fully saturated rings. The van der Waals surface area contributed by atoms with Crippen LogP contribution in [0.3, 0.4) is 0 Å². The molecule has 0 atom stereocenters. The molecule has 3 aromatic carbocycles. The summed E-state index contributed by atoms with van der Waals surface area (Å²) >= 11 is 0. The van der Waals surface area contributed by atoms with Gasteiger partial charge in [-0.1, -0.05) is 66.7 Å². The van der Waals surface area contributed by atoms with Gasteiger partial charge in [0.2, 0.25) is 0 Å². The average Bonchev–Trinajstić information content (AvgIpc) is 2.87. The number of hydrogen-bond donors (Lipinski definition) is 2. The molecule has 0 unspecified atom stereocenters. The van der Waals surface area contributed by atoms with E-state index < -0.39 is 0 Å². The standard InChI is InChI=1S/C19H15N3/c20-18-15-9-3-4-10-16(15)19(22-21)17(18)14-11-5-7-12-6-1-2-8-13(12)14/h1-11H,20-21H2. The van der Waals surface area contributed by atoms with Crippen LogP contribution < -0.4 is 11.6 Å². The first-order valence-electron chi connectivity index (χ1n) is 7.17. The van der Waals surface area contributed by atoms with Crippen molar-refractivity contribution in [3.8, 4) is 0 Å². The molecule has 3 nitrogen and oxygen atoms in total. The Labute approximate surface area is 128 Å². The summed E-state index contributed by atoms with van der Waals surface area (Å²) in [6.45, 7) is 0. The molecular formula is C19H15N3. The lowest BCUT2D eigenvalue weighted by molar-refractivity contribution is 1.25. The van der Waals surface area contributed by atoms with Gasteiger partial charge >= 0.3 is 0 Å². The minimum Gasteiger partial charge on any atom is -0.398 e. The van der Waals surface area contributed by atoms with Crippen molar-refractivity contribution < 1.29 is 0 Å². The Balaban J connectivity index is 2.06. The molecule has 0 saturated heterocycles. The second kappa shape index (κ2) is 4.74. The number of nitrogens with two attached hydrogens (primary N) is 2. The van der Waals surface area contributed by atoms with Gasteiger partial charge in [0.15, 0.2) is 0 Å². The van der Waals surface area contributed by atoms with Crippen molar-refractivity contribution in [1.82, 2.24) is 0 Å². The number of benzene rings is 3. The van der Waals surface area contributed by atoms with E-state index in [0.717, 1.165) is 39.1 Å². The van der Waals surface area contributed by atoms with E-state index in [9.17, 15) is 0 Å². The van der Waals surface area contributed by atoms with Crippen molar-refractivity contribution >= 4 is 27.8 Å². The molecule has 0 aliphatic heterocycles. The minimum absolute atomic E-state index is 0.733. The van der Waals surface area contributed by atoms with E-state index in [-0.39, 0.29) is 0 Å². The van der Waals surface area contributed by atoms with E-state index in [4.69, 9.17) is 11.6 Å². The number of hydrazone groups is 1. The molecule has 4 N–H and O–H groups in total. The Morgan fingerprint density at radius 1 is 0.682 bits per heavy atom. The SMILES string of the molecule is NN=C1C(c2cccc3ccccc23)=C(N)c2ccccc21. The van der Waals surface area contributed by atoms with Crippen molar-refractivity contribution in [2.45, 2.75) is 0 Å². The third-order valence-corrected chi connectivity index (χ3v) is 4.17. The highest BCUT2D eigenvalue weighted by molar-refractivity contribution is 6.43. The van der Waals surface area contributed by atoms with Crippen LogP contribution in [-0.4, -0.2) is 5.71 Å². The molecule has 106 valence electrons. The number of nitrogens with zero attached hydrogens (tertiary/aromatic N) is 1. The van der Waals surface area contributed by atoms with E-state index >= 15 is 0 Å². The maximum Gasteiger partial charge on any atom is 0.100 e. The maximum absolute atomic E-state index is 6.42. The van der Waals surface area contributed by atoms with Gasteiger partial charge in [-0.25, -0.2) is 0 Å². The van der Waals surface area contributed by atoms with Gasteiger partial charge in [0, 0.05) is 22.4 Å². The van der Waals surface area contributed by atoms with Crippen LogP contribution in [0.25, 0.3) is 22.0 Å². The molecule has 22 heavy (non-hydrogen) atoms. The largest absolute Gasteiger partial charge is 0.398 e. The maximum atomic E-state index is 6.42. The molecule has 0 aromatic heterocycles. The van der Waals surface area contributed by atoms with Crippen molar-refractivity contribution in [3.05, 3.63) is 83.4 Å². The van der Waals surface area contributed by atoms with Crippen LogP contribution in [0.15, 0.2) is 71.8 Å². The summed E-state index contributed by atoms with van der Waals surface area (Å²) in [5.41, 5.74) is 11.9. The van der Waals surface area contributed by atoms with Crippen LogP contribution >= 0.6 is 0 Å². The van der Waals surface area contributed by atoms with Gasteiger partial charge in [0.25, 0.3) is 0 Å². The molecule has 0 saturated carbocycles. The molecule has 0 spiro atoms. The van der Waals surface area contributed by atoms with Crippen molar-refractivity contribution in [2.24, 2.45) is 16.7 Å². The molecule has 3 aromatic rings. The Kier molecular flexibility index (Phi) is 2.73. The normalized spacial score (nSPS) is 15.5. The van der Waals surface area contributed by atoms with E-state index in [0.29, 0.717) is 0 Å². The minimum atomic E-state index is 0.733. The molecule has 3 heteroatoms. The molecule has 4 rings (SSSR count).